The first-order valence-electron chi connectivity index (χ1n) is 8.18. The van der Waals surface area contributed by atoms with E-state index in [-0.39, 0.29) is 5.92 Å². The highest BCUT2D eigenvalue weighted by atomic mass is 35.5. The molecular formula is C18H28Cl2O. The third-order valence-electron chi connectivity index (χ3n) is 3.79. The molecule has 21 heavy (non-hydrogen) atoms. The first kappa shape index (κ1) is 18.8. The summed E-state index contributed by atoms with van der Waals surface area (Å²) in [6.45, 7) is 4.68. The van der Waals surface area contributed by atoms with Gasteiger partial charge in [0.2, 0.25) is 4.52 Å². The van der Waals surface area contributed by atoms with E-state index in [1.54, 1.807) is 0 Å². The Morgan fingerprint density at radius 2 is 1.57 bits per heavy atom. The fourth-order valence-electron chi connectivity index (χ4n) is 2.64. The van der Waals surface area contributed by atoms with Gasteiger partial charge in [-0.05, 0) is 18.9 Å². The summed E-state index contributed by atoms with van der Waals surface area (Å²) < 4.78 is 4.43. The first-order valence-corrected chi connectivity index (χ1v) is 8.94. The number of hydrogen-bond acceptors (Lipinski definition) is 1. The standard InChI is InChI=1S/C18H28Cl2O/c1-3-5-6-7-8-12-15-17(18(19,20)21-4-2)16-13-10-9-11-14-16/h9-11,13-14,17H,3-8,12,15H2,1-2H3. The lowest BCUT2D eigenvalue weighted by Gasteiger charge is -2.30. The number of rotatable bonds is 11. The van der Waals surface area contributed by atoms with Gasteiger partial charge in [-0.3, -0.25) is 0 Å². The Bertz CT molecular complexity index is 365. The van der Waals surface area contributed by atoms with Crippen LogP contribution in [0.4, 0.5) is 0 Å². The smallest absolute Gasteiger partial charge is 0.224 e. The molecule has 1 unspecified atom stereocenters. The van der Waals surface area contributed by atoms with Crippen LogP contribution in [0.15, 0.2) is 30.3 Å². The Balaban J connectivity index is 2.57. The molecule has 1 aromatic carbocycles. The van der Waals surface area contributed by atoms with E-state index in [1.165, 1.54) is 32.1 Å². The second kappa shape index (κ2) is 10.5. The summed E-state index contributed by atoms with van der Waals surface area (Å²) in [5, 5.41) is 0. The zero-order valence-electron chi connectivity index (χ0n) is 13.3. The number of ether oxygens (including phenoxy) is 1. The molecule has 0 saturated heterocycles. The van der Waals surface area contributed by atoms with E-state index in [2.05, 4.69) is 19.1 Å². The van der Waals surface area contributed by atoms with Crippen LogP contribution < -0.4 is 0 Å². The molecule has 0 aliphatic heterocycles. The molecule has 0 bridgehead atoms. The molecule has 3 heteroatoms. The van der Waals surface area contributed by atoms with Crippen molar-refractivity contribution in [3.8, 4) is 0 Å². The maximum Gasteiger partial charge on any atom is 0.224 e. The van der Waals surface area contributed by atoms with Crippen molar-refractivity contribution in [1.82, 2.24) is 0 Å². The Morgan fingerprint density at radius 1 is 0.952 bits per heavy atom. The van der Waals surface area contributed by atoms with E-state index in [0.717, 1.165) is 18.4 Å². The van der Waals surface area contributed by atoms with Crippen LogP contribution in [0.1, 0.15) is 70.3 Å². The van der Waals surface area contributed by atoms with Crippen LogP contribution in [0.5, 0.6) is 0 Å². The summed E-state index contributed by atoms with van der Waals surface area (Å²) in [4.78, 5) is 0. The highest BCUT2D eigenvalue weighted by molar-refractivity contribution is 6.47. The Kier molecular flexibility index (Phi) is 9.39. The van der Waals surface area contributed by atoms with Gasteiger partial charge < -0.3 is 4.74 Å². The Morgan fingerprint density at radius 3 is 2.19 bits per heavy atom. The van der Waals surface area contributed by atoms with E-state index < -0.39 is 4.52 Å². The molecule has 0 aliphatic rings. The summed E-state index contributed by atoms with van der Waals surface area (Å²) in [5.41, 5.74) is 1.16. The molecule has 0 fully saturated rings. The van der Waals surface area contributed by atoms with Gasteiger partial charge in [-0.15, -0.1) is 0 Å². The highest BCUT2D eigenvalue weighted by Gasteiger charge is 2.36. The summed E-state index contributed by atoms with van der Waals surface area (Å²) in [6.07, 6.45) is 8.56. The van der Waals surface area contributed by atoms with E-state index in [0.29, 0.717) is 6.61 Å². The van der Waals surface area contributed by atoms with Crippen molar-refractivity contribution in [1.29, 1.82) is 0 Å². The average Bonchev–Trinajstić information content (AvgIpc) is 2.47. The molecule has 0 saturated carbocycles. The van der Waals surface area contributed by atoms with Gasteiger partial charge in [-0.1, -0.05) is 99.0 Å². The van der Waals surface area contributed by atoms with Gasteiger partial charge >= 0.3 is 0 Å². The maximum atomic E-state index is 6.44. The van der Waals surface area contributed by atoms with Gasteiger partial charge in [0.25, 0.3) is 0 Å². The number of unbranched alkanes of at least 4 members (excludes halogenated alkanes) is 5. The van der Waals surface area contributed by atoms with Crippen LogP contribution in [-0.2, 0) is 4.74 Å². The summed E-state index contributed by atoms with van der Waals surface area (Å²) in [5.74, 6) is 0.0214. The Labute approximate surface area is 140 Å². The van der Waals surface area contributed by atoms with Crippen molar-refractivity contribution in [3.05, 3.63) is 35.9 Å². The fraction of sp³-hybridized carbons (Fsp3) is 0.667. The largest absolute Gasteiger partial charge is 0.346 e. The van der Waals surface area contributed by atoms with Crippen LogP contribution >= 0.6 is 23.2 Å². The molecule has 1 aromatic rings. The molecule has 0 spiro atoms. The van der Waals surface area contributed by atoms with E-state index in [4.69, 9.17) is 27.9 Å². The number of halogens is 2. The normalized spacial score (nSPS) is 13.3. The van der Waals surface area contributed by atoms with Gasteiger partial charge in [0.15, 0.2) is 0 Å². The molecule has 1 rings (SSSR count). The molecule has 0 amide bonds. The first-order chi connectivity index (χ1) is 10.1. The van der Waals surface area contributed by atoms with Crippen molar-refractivity contribution in [3.63, 3.8) is 0 Å². The lowest BCUT2D eigenvalue weighted by molar-refractivity contribution is 0.0655. The van der Waals surface area contributed by atoms with E-state index >= 15 is 0 Å². The Hall–Kier alpha value is -0.240. The van der Waals surface area contributed by atoms with Gasteiger partial charge in [-0.25, -0.2) is 0 Å². The minimum atomic E-state index is -1.14. The van der Waals surface area contributed by atoms with E-state index in [9.17, 15) is 0 Å². The van der Waals surface area contributed by atoms with Crippen LogP contribution in [0.3, 0.4) is 0 Å². The fourth-order valence-corrected chi connectivity index (χ4v) is 3.32. The predicted molar refractivity (Wildman–Crippen MR) is 93.2 cm³/mol. The maximum absolute atomic E-state index is 6.44. The van der Waals surface area contributed by atoms with Crippen LogP contribution in [0, 0.1) is 0 Å². The van der Waals surface area contributed by atoms with Gasteiger partial charge in [-0.2, -0.15) is 0 Å². The molecular weight excluding hydrogens is 303 g/mol. The molecule has 0 aromatic heterocycles. The topological polar surface area (TPSA) is 9.23 Å². The van der Waals surface area contributed by atoms with Crippen molar-refractivity contribution >= 4 is 23.2 Å². The molecule has 0 N–H and O–H groups in total. The minimum Gasteiger partial charge on any atom is -0.346 e. The predicted octanol–water partition coefficient (Wildman–Crippen LogP) is 6.69. The van der Waals surface area contributed by atoms with Crippen LogP contribution in [-0.4, -0.2) is 11.1 Å². The minimum absolute atomic E-state index is 0.0214. The monoisotopic (exact) mass is 330 g/mol. The molecule has 1 atom stereocenters. The lowest BCUT2D eigenvalue weighted by atomic mass is 9.93. The lowest BCUT2D eigenvalue weighted by Crippen LogP contribution is -2.27. The quantitative estimate of drug-likeness (QED) is 0.324. The number of alkyl halides is 2. The second-order valence-corrected chi connectivity index (χ2v) is 6.83. The van der Waals surface area contributed by atoms with Crippen molar-refractivity contribution in [2.75, 3.05) is 6.61 Å². The van der Waals surface area contributed by atoms with Crippen molar-refractivity contribution in [2.45, 2.75) is 69.2 Å². The van der Waals surface area contributed by atoms with Crippen LogP contribution in [0.2, 0.25) is 0 Å². The molecule has 120 valence electrons. The molecule has 0 radical (unpaired) electrons. The molecule has 1 nitrogen and oxygen atoms in total. The average molecular weight is 331 g/mol. The second-order valence-electron chi connectivity index (χ2n) is 5.51. The number of benzene rings is 1. The summed E-state index contributed by atoms with van der Waals surface area (Å²) in [6, 6.07) is 10.2. The van der Waals surface area contributed by atoms with Crippen molar-refractivity contribution in [2.24, 2.45) is 0 Å². The third kappa shape index (κ3) is 7.04. The van der Waals surface area contributed by atoms with Gasteiger partial charge in [0.1, 0.15) is 0 Å². The van der Waals surface area contributed by atoms with Gasteiger partial charge in [0.05, 0.1) is 0 Å². The zero-order valence-corrected chi connectivity index (χ0v) is 14.8. The molecule has 0 heterocycles. The third-order valence-corrected chi connectivity index (χ3v) is 4.54. The van der Waals surface area contributed by atoms with Gasteiger partial charge in [0, 0.05) is 12.5 Å². The SMILES string of the molecule is CCCCCCCCC(c1ccccc1)C(Cl)(Cl)OCC. The molecule has 0 aliphatic carbocycles. The summed E-state index contributed by atoms with van der Waals surface area (Å²) in [7, 11) is 0. The van der Waals surface area contributed by atoms with E-state index in [1.807, 2.05) is 25.1 Å². The zero-order chi connectivity index (χ0) is 15.6. The number of hydrogen-bond donors (Lipinski definition) is 0. The summed E-state index contributed by atoms with van der Waals surface area (Å²) >= 11 is 12.9. The highest BCUT2D eigenvalue weighted by Crippen LogP contribution is 2.42. The van der Waals surface area contributed by atoms with Crippen molar-refractivity contribution < 1.29 is 4.74 Å². The van der Waals surface area contributed by atoms with Crippen LogP contribution in [0.25, 0.3) is 0 Å².